The molecule has 4 rings (SSSR count). The van der Waals surface area contributed by atoms with Gasteiger partial charge in [0.15, 0.2) is 0 Å². The molecule has 1 N–H and O–H groups in total. The Bertz CT molecular complexity index is 623. The summed E-state index contributed by atoms with van der Waals surface area (Å²) in [7, 11) is 0. The summed E-state index contributed by atoms with van der Waals surface area (Å²) >= 11 is 1.83. The second kappa shape index (κ2) is 7.14. The van der Waals surface area contributed by atoms with Crippen molar-refractivity contribution >= 4 is 11.3 Å². The van der Waals surface area contributed by atoms with E-state index in [0.29, 0.717) is 6.10 Å². The average Bonchev–Trinajstić information content (AvgIpc) is 3.35. The zero-order chi connectivity index (χ0) is 15.5. The Hall–Kier alpha value is -1.20. The summed E-state index contributed by atoms with van der Waals surface area (Å²) in [5.74, 6) is 0. The van der Waals surface area contributed by atoms with Crippen LogP contribution in [0.1, 0.15) is 17.7 Å². The van der Waals surface area contributed by atoms with Crippen LogP contribution < -0.4 is 5.32 Å². The molecule has 0 bridgehead atoms. The van der Waals surface area contributed by atoms with Gasteiger partial charge in [-0.1, -0.05) is 30.3 Å². The van der Waals surface area contributed by atoms with E-state index in [0.717, 1.165) is 38.8 Å². The maximum Gasteiger partial charge on any atom is 0.0826 e. The highest BCUT2D eigenvalue weighted by atomic mass is 32.1. The summed E-state index contributed by atoms with van der Waals surface area (Å²) in [6, 6.07) is 13.7. The standard InChI is InChI=1S/C19H24N2OS/c1-2-4-15(5-3-1)16-10-19(23-14-16)12-20-11-18-13-21(8-9-22-18)17-6-7-17/h1-5,10,14,17-18,20H,6-9,11-13H2. The van der Waals surface area contributed by atoms with E-state index in [4.69, 9.17) is 4.74 Å². The van der Waals surface area contributed by atoms with E-state index in [9.17, 15) is 0 Å². The van der Waals surface area contributed by atoms with Gasteiger partial charge in [0.05, 0.1) is 12.7 Å². The van der Waals surface area contributed by atoms with Crippen molar-refractivity contribution in [1.82, 2.24) is 10.2 Å². The molecule has 0 amide bonds. The molecule has 23 heavy (non-hydrogen) atoms. The fourth-order valence-electron chi connectivity index (χ4n) is 3.25. The summed E-state index contributed by atoms with van der Waals surface area (Å²) in [5, 5.41) is 5.82. The smallest absolute Gasteiger partial charge is 0.0826 e. The Morgan fingerprint density at radius 1 is 1.17 bits per heavy atom. The Kier molecular flexibility index (Phi) is 4.76. The molecule has 122 valence electrons. The zero-order valence-corrected chi connectivity index (χ0v) is 14.2. The number of nitrogens with zero attached hydrogens (tertiary/aromatic N) is 1. The second-order valence-corrected chi connectivity index (χ2v) is 7.51. The van der Waals surface area contributed by atoms with Crippen LogP contribution >= 0.6 is 11.3 Å². The van der Waals surface area contributed by atoms with Gasteiger partial charge in [-0.15, -0.1) is 11.3 Å². The third-order valence-corrected chi connectivity index (χ3v) is 5.60. The summed E-state index contributed by atoms with van der Waals surface area (Å²) in [4.78, 5) is 3.99. The number of morpholine rings is 1. The van der Waals surface area contributed by atoms with Crippen molar-refractivity contribution in [2.24, 2.45) is 0 Å². The van der Waals surface area contributed by atoms with Crippen LogP contribution in [0, 0.1) is 0 Å². The minimum Gasteiger partial charge on any atom is -0.374 e. The van der Waals surface area contributed by atoms with E-state index in [1.165, 1.54) is 28.8 Å². The van der Waals surface area contributed by atoms with Crippen molar-refractivity contribution in [2.75, 3.05) is 26.2 Å². The lowest BCUT2D eigenvalue weighted by molar-refractivity contribution is -0.0301. The van der Waals surface area contributed by atoms with Crippen molar-refractivity contribution in [1.29, 1.82) is 0 Å². The first kappa shape index (κ1) is 15.3. The summed E-state index contributed by atoms with van der Waals surface area (Å²) < 4.78 is 5.90. The molecule has 1 saturated heterocycles. The molecule has 1 aliphatic carbocycles. The molecular formula is C19H24N2OS. The number of hydrogen-bond acceptors (Lipinski definition) is 4. The molecule has 2 heterocycles. The summed E-state index contributed by atoms with van der Waals surface area (Å²) in [6.45, 7) is 4.98. The van der Waals surface area contributed by atoms with E-state index in [-0.39, 0.29) is 0 Å². The minimum atomic E-state index is 0.345. The van der Waals surface area contributed by atoms with Crippen LogP contribution in [0.25, 0.3) is 11.1 Å². The Morgan fingerprint density at radius 3 is 2.87 bits per heavy atom. The average molecular weight is 328 g/mol. The highest BCUT2D eigenvalue weighted by Crippen LogP contribution is 2.28. The van der Waals surface area contributed by atoms with Crippen molar-refractivity contribution in [3.8, 4) is 11.1 Å². The van der Waals surface area contributed by atoms with Gasteiger partial charge < -0.3 is 10.1 Å². The largest absolute Gasteiger partial charge is 0.374 e. The maximum absolute atomic E-state index is 5.90. The predicted octanol–water partition coefficient (Wildman–Crippen LogP) is 3.37. The first-order valence-corrected chi connectivity index (χ1v) is 9.45. The van der Waals surface area contributed by atoms with E-state index >= 15 is 0 Å². The van der Waals surface area contributed by atoms with Gasteiger partial charge in [0.25, 0.3) is 0 Å². The lowest BCUT2D eigenvalue weighted by Crippen LogP contribution is -2.47. The Labute approximate surface area is 142 Å². The maximum atomic E-state index is 5.90. The zero-order valence-electron chi connectivity index (χ0n) is 13.4. The first-order valence-electron chi connectivity index (χ1n) is 8.58. The Balaban J connectivity index is 1.26. The van der Waals surface area contributed by atoms with Crippen LogP contribution in [0.4, 0.5) is 0 Å². The molecule has 0 radical (unpaired) electrons. The number of thiophene rings is 1. The molecule has 1 aliphatic heterocycles. The fraction of sp³-hybridized carbons (Fsp3) is 0.474. The molecule has 1 aromatic heterocycles. The van der Waals surface area contributed by atoms with E-state index in [2.05, 4.69) is 52.0 Å². The van der Waals surface area contributed by atoms with Gasteiger partial charge in [-0.05, 0) is 35.4 Å². The van der Waals surface area contributed by atoms with Gasteiger partial charge in [0.1, 0.15) is 0 Å². The molecule has 1 unspecified atom stereocenters. The molecule has 1 atom stereocenters. The van der Waals surface area contributed by atoms with Crippen LogP contribution in [0.15, 0.2) is 41.8 Å². The number of hydrogen-bond donors (Lipinski definition) is 1. The van der Waals surface area contributed by atoms with Gasteiger partial charge in [0.2, 0.25) is 0 Å². The van der Waals surface area contributed by atoms with Crippen molar-refractivity contribution < 1.29 is 4.74 Å². The molecule has 4 heteroatoms. The summed E-state index contributed by atoms with van der Waals surface area (Å²) in [5.41, 5.74) is 2.62. The quantitative estimate of drug-likeness (QED) is 0.880. The molecule has 1 aromatic carbocycles. The van der Waals surface area contributed by atoms with Crippen molar-refractivity contribution in [3.63, 3.8) is 0 Å². The molecule has 3 nitrogen and oxygen atoms in total. The lowest BCUT2D eigenvalue weighted by Gasteiger charge is -2.33. The molecule has 0 spiro atoms. The van der Waals surface area contributed by atoms with Gasteiger partial charge in [0, 0.05) is 37.1 Å². The van der Waals surface area contributed by atoms with Crippen molar-refractivity contribution in [2.45, 2.75) is 31.5 Å². The van der Waals surface area contributed by atoms with Crippen LogP contribution in [0.3, 0.4) is 0 Å². The first-order chi connectivity index (χ1) is 11.4. The summed E-state index contributed by atoms with van der Waals surface area (Å²) in [6.07, 6.45) is 3.12. The van der Waals surface area contributed by atoms with E-state index in [1.54, 1.807) is 0 Å². The second-order valence-electron chi connectivity index (χ2n) is 6.52. The van der Waals surface area contributed by atoms with E-state index < -0.39 is 0 Å². The highest BCUT2D eigenvalue weighted by Gasteiger charge is 2.32. The molecular weight excluding hydrogens is 304 g/mol. The van der Waals surface area contributed by atoms with Crippen LogP contribution in [0.5, 0.6) is 0 Å². The SMILES string of the molecule is c1ccc(-c2csc(CNCC3CN(C4CC4)CCO3)c2)cc1. The number of ether oxygens (including phenoxy) is 1. The molecule has 1 saturated carbocycles. The van der Waals surface area contributed by atoms with Crippen LogP contribution in [-0.4, -0.2) is 43.3 Å². The monoisotopic (exact) mass is 328 g/mol. The van der Waals surface area contributed by atoms with Gasteiger partial charge in [-0.3, -0.25) is 4.90 Å². The minimum absolute atomic E-state index is 0.345. The molecule has 2 aromatic rings. The molecule has 2 aliphatic rings. The van der Waals surface area contributed by atoms with Gasteiger partial charge in [-0.25, -0.2) is 0 Å². The lowest BCUT2D eigenvalue weighted by atomic mass is 10.1. The normalized spacial score (nSPS) is 22.3. The van der Waals surface area contributed by atoms with E-state index in [1.807, 2.05) is 11.3 Å². The number of nitrogens with one attached hydrogen (secondary N) is 1. The van der Waals surface area contributed by atoms with Crippen LogP contribution in [-0.2, 0) is 11.3 Å². The van der Waals surface area contributed by atoms with Gasteiger partial charge in [-0.2, -0.15) is 0 Å². The highest BCUT2D eigenvalue weighted by molar-refractivity contribution is 7.10. The third kappa shape index (κ3) is 4.01. The van der Waals surface area contributed by atoms with Crippen LogP contribution in [0.2, 0.25) is 0 Å². The topological polar surface area (TPSA) is 24.5 Å². The fourth-order valence-corrected chi connectivity index (χ4v) is 4.11. The predicted molar refractivity (Wildman–Crippen MR) is 95.8 cm³/mol. The van der Waals surface area contributed by atoms with Gasteiger partial charge >= 0.3 is 0 Å². The number of benzene rings is 1. The number of rotatable bonds is 6. The third-order valence-electron chi connectivity index (χ3n) is 4.67. The van der Waals surface area contributed by atoms with Crippen molar-refractivity contribution in [3.05, 3.63) is 46.7 Å². The Morgan fingerprint density at radius 2 is 2.04 bits per heavy atom. The molecule has 2 fully saturated rings.